The molecule has 0 aliphatic carbocycles. The number of hydrogen-bond acceptors (Lipinski definition) is 2. The Labute approximate surface area is 83.6 Å². The van der Waals surface area contributed by atoms with E-state index in [-0.39, 0.29) is 12.5 Å². The monoisotopic (exact) mass is 193 g/mol. The Hall–Kier alpha value is -1.35. The first-order valence-electron chi connectivity index (χ1n) is 4.63. The molecule has 0 heterocycles. The van der Waals surface area contributed by atoms with Crippen molar-refractivity contribution in [2.24, 2.45) is 5.73 Å². The van der Waals surface area contributed by atoms with E-state index in [9.17, 15) is 4.79 Å². The molecule has 0 unspecified atom stereocenters. The quantitative estimate of drug-likeness (QED) is 0.767. The fraction of sp³-hybridized carbons (Fsp3) is 0.364. The molecule has 3 nitrogen and oxygen atoms in total. The van der Waals surface area contributed by atoms with Crippen molar-refractivity contribution >= 4 is 5.97 Å². The summed E-state index contributed by atoms with van der Waals surface area (Å²) < 4.78 is 0. The molecule has 0 bridgehead atoms. The van der Waals surface area contributed by atoms with E-state index in [1.165, 1.54) is 0 Å². The molecule has 3 heteroatoms. The summed E-state index contributed by atoms with van der Waals surface area (Å²) >= 11 is 0. The van der Waals surface area contributed by atoms with Gasteiger partial charge in [0.25, 0.3) is 0 Å². The van der Waals surface area contributed by atoms with E-state index < -0.39 is 5.97 Å². The van der Waals surface area contributed by atoms with Gasteiger partial charge in [-0.2, -0.15) is 0 Å². The fourth-order valence-electron chi connectivity index (χ4n) is 1.35. The molecular formula is C11H15NO2. The SMILES string of the molecule is Cc1cccc([C@H](N)CCC(=O)O)c1. The topological polar surface area (TPSA) is 63.3 Å². The Bertz CT molecular complexity index is 323. The highest BCUT2D eigenvalue weighted by Gasteiger charge is 2.07. The number of aliphatic carboxylic acids is 1. The molecule has 1 atom stereocenters. The molecule has 0 fully saturated rings. The normalized spacial score (nSPS) is 12.4. The highest BCUT2D eigenvalue weighted by atomic mass is 16.4. The van der Waals surface area contributed by atoms with Crippen LogP contribution in [0.15, 0.2) is 24.3 Å². The zero-order valence-electron chi connectivity index (χ0n) is 8.23. The second-order valence-corrected chi connectivity index (χ2v) is 3.45. The molecule has 3 N–H and O–H groups in total. The zero-order valence-corrected chi connectivity index (χ0v) is 8.23. The Morgan fingerprint density at radius 2 is 2.29 bits per heavy atom. The predicted octanol–water partition coefficient (Wildman–Crippen LogP) is 1.86. The molecular weight excluding hydrogens is 178 g/mol. The van der Waals surface area contributed by atoms with Crippen LogP contribution in [0.4, 0.5) is 0 Å². The van der Waals surface area contributed by atoms with Crippen LogP contribution in [0.3, 0.4) is 0 Å². The molecule has 0 aliphatic heterocycles. The van der Waals surface area contributed by atoms with Crippen LogP contribution < -0.4 is 5.73 Å². The van der Waals surface area contributed by atoms with E-state index >= 15 is 0 Å². The minimum atomic E-state index is -0.798. The molecule has 0 radical (unpaired) electrons. The van der Waals surface area contributed by atoms with Crippen molar-refractivity contribution in [1.29, 1.82) is 0 Å². The van der Waals surface area contributed by atoms with Gasteiger partial charge in [-0.3, -0.25) is 4.79 Å². The number of nitrogens with two attached hydrogens (primary N) is 1. The van der Waals surface area contributed by atoms with Gasteiger partial charge in [0.2, 0.25) is 0 Å². The molecule has 1 rings (SSSR count). The maximum Gasteiger partial charge on any atom is 0.303 e. The first-order chi connectivity index (χ1) is 6.59. The van der Waals surface area contributed by atoms with Gasteiger partial charge >= 0.3 is 5.97 Å². The second-order valence-electron chi connectivity index (χ2n) is 3.45. The summed E-state index contributed by atoms with van der Waals surface area (Å²) in [6.07, 6.45) is 0.605. The molecule has 0 amide bonds. The average Bonchev–Trinajstić information content (AvgIpc) is 2.14. The average molecular weight is 193 g/mol. The van der Waals surface area contributed by atoms with Crippen LogP contribution in [0, 0.1) is 6.92 Å². The summed E-state index contributed by atoms with van der Waals surface area (Å²) in [5.41, 5.74) is 8.00. The molecule has 0 saturated heterocycles. The predicted molar refractivity (Wildman–Crippen MR) is 55.0 cm³/mol. The van der Waals surface area contributed by atoms with E-state index in [2.05, 4.69) is 0 Å². The first-order valence-corrected chi connectivity index (χ1v) is 4.63. The Balaban J connectivity index is 2.60. The lowest BCUT2D eigenvalue weighted by Gasteiger charge is -2.10. The smallest absolute Gasteiger partial charge is 0.303 e. The Morgan fingerprint density at radius 3 is 2.86 bits per heavy atom. The molecule has 0 saturated carbocycles. The third kappa shape index (κ3) is 3.18. The summed E-state index contributed by atoms with van der Waals surface area (Å²) in [6, 6.07) is 7.68. The minimum absolute atomic E-state index is 0.120. The standard InChI is InChI=1S/C11H15NO2/c1-8-3-2-4-9(7-8)10(12)5-6-11(13)14/h2-4,7,10H,5-6,12H2,1H3,(H,13,14)/t10-/m1/s1. The summed E-state index contributed by atoms with van der Waals surface area (Å²) in [5, 5.41) is 8.51. The van der Waals surface area contributed by atoms with E-state index in [4.69, 9.17) is 10.8 Å². The van der Waals surface area contributed by atoms with Gasteiger partial charge in [-0.25, -0.2) is 0 Å². The molecule has 1 aromatic rings. The maximum absolute atomic E-state index is 10.3. The highest BCUT2D eigenvalue weighted by Crippen LogP contribution is 2.16. The Morgan fingerprint density at radius 1 is 1.57 bits per heavy atom. The summed E-state index contributed by atoms with van der Waals surface area (Å²) in [6.45, 7) is 1.99. The van der Waals surface area contributed by atoms with Gasteiger partial charge in [-0.1, -0.05) is 29.8 Å². The van der Waals surface area contributed by atoms with Crippen LogP contribution in [0.5, 0.6) is 0 Å². The van der Waals surface area contributed by atoms with Crippen LogP contribution in [0.2, 0.25) is 0 Å². The lowest BCUT2D eigenvalue weighted by Crippen LogP contribution is -2.12. The number of carbonyl (C=O) groups is 1. The van der Waals surface area contributed by atoms with Gasteiger partial charge < -0.3 is 10.8 Å². The summed E-state index contributed by atoms with van der Waals surface area (Å²) in [4.78, 5) is 10.3. The molecule has 0 spiro atoms. The van der Waals surface area contributed by atoms with Crippen LogP contribution in [-0.4, -0.2) is 11.1 Å². The third-order valence-corrected chi connectivity index (χ3v) is 2.14. The van der Waals surface area contributed by atoms with Crippen molar-refractivity contribution in [3.8, 4) is 0 Å². The van der Waals surface area contributed by atoms with Gasteiger partial charge in [0, 0.05) is 12.5 Å². The number of hydrogen-bond donors (Lipinski definition) is 2. The number of rotatable bonds is 4. The van der Waals surface area contributed by atoms with E-state index in [0.717, 1.165) is 11.1 Å². The highest BCUT2D eigenvalue weighted by molar-refractivity contribution is 5.66. The first kappa shape index (κ1) is 10.7. The lowest BCUT2D eigenvalue weighted by molar-refractivity contribution is -0.137. The Kier molecular flexibility index (Phi) is 3.65. The van der Waals surface area contributed by atoms with Gasteiger partial charge in [-0.05, 0) is 18.9 Å². The number of carboxylic acid groups (broad SMARTS) is 1. The van der Waals surface area contributed by atoms with Crippen LogP contribution in [-0.2, 0) is 4.79 Å². The van der Waals surface area contributed by atoms with E-state index in [0.29, 0.717) is 6.42 Å². The van der Waals surface area contributed by atoms with Crippen LogP contribution >= 0.6 is 0 Å². The van der Waals surface area contributed by atoms with Crippen molar-refractivity contribution in [1.82, 2.24) is 0 Å². The van der Waals surface area contributed by atoms with Crippen molar-refractivity contribution in [2.75, 3.05) is 0 Å². The number of aryl methyl sites for hydroxylation is 1. The molecule has 0 aliphatic rings. The van der Waals surface area contributed by atoms with Crippen LogP contribution in [0.1, 0.15) is 30.0 Å². The second kappa shape index (κ2) is 4.77. The van der Waals surface area contributed by atoms with Gasteiger partial charge in [-0.15, -0.1) is 0 Å². The molecule has 76 valence electrons. The molecule has 1 aromatic carbocycles. The van der Waals surface area contributed by atoms with Crippen molar-refractivity contribution < 1.29 is 9.90 Å². The third-order valence-electron chi connectivity index (χ3n) is 2.14. The summed E-state index contributed by atoms with van der Waals surface area (Å²) in [7, 11) is 0. The zero-order chi connectivity index (χ0) is 10.6. The van der Waals surface area contributed by atoms with Gasteiger partial charge in [0.05, 0.1) is 0 Å². The van der Waals surface area contributed by atoms with Crippen molar-refractivity contribution in [3.05, 3.63) is 35.4 Å². The largest absolute Gasteiger partial charge is 0.481 e. The minimum Gasteiger partial charge on any atom is -0.481 e. The molecule has 14 heavy (non-hydrogen) atoms. The maximum atomic E-state index is 10.3. The van der Waals surface area contributed by atoms with Gasteiger partial charge in [0.1, 0.15) is 0 Å². The van der Waals surface area contributed by atoms with E-state index in [1.54, 1.807) is 0 Å². The molecule has 0 aromatic heterocycles. The van der Waals surface area contributed by atoms with E-state index in [1.807, 2.05) is 31.2 Å². The number of benzene rings is 1. The van der Waals surface area contributed by atoms with Crippen molar-refractivity contribution in [2.45, 2.75) is 25.8 Å². The van der Waals surface area contributed by atoms with Crippen molar-refractivity contribution in [3.63, 3.8) is 0 Å². The number of carboxylic acids is 1. The van der Waals surface area contributed by atoms with Gasteiger partial charge in [0.15, 0.2) is 0 Å². The van der Waals surface area contributed by atoms with Crippen LogP contribution in [0.25, 0.3) is 0 Å². The lowest BCUT2D eigenvalue weighted by atomic mass is 10.0. The fourth-order valence-corrected chi connectivity index (χ4v) is 1.35. The summed E-state index contributed by atoms with van der Waals surface area (Å²) in [5.74, 6) is -0.798.